The molecule has 0 bridgehead atoms. The maximum atomic E-state index is 8.68. The Kier molecular flexibility index (Phi) is 8.28. The maximum Gasteiger partial charge on any atom is 0.178 e. The van der Waals surface area contributed by atoms with Gasteiger partial charge in [-0.2, -0.15) is 0 Å². The molecular formula is C12H22O3. The minimum Gasteiger partial charge on any atom is -0.392 e. The molecule has 1 N–H and O–H groups in total. The lowest BCUT2D eigenvalue weighted by molar-refractivity contribution is -0.0748. The second-order valence-corrected chi connectivity index (χ2v) is 3.52. The standard InChI is InChI=1S/C12H22O3/c1-10(8-9-13)6-5-7-11(2)12(14-3)15-4/h7-8,12-13H,5-6,9H2,1-4H3. The van der Waals surface area contributed by atoms with Crippen molar-refractivity contribution >= 4 is 0 Å². The fourth-order valence-electron chi connectivity index (χ4n) is 1.35. The van der Waals surface area contributed by atoms with Gasteiger partial charge in [-0.3, -0.25) is 0 Å². The summed E-state index contributed by atoms with van der Waals surface area (Å²) in [6, 6.07) is 0. The Balaban J connectivity index is 4.00. The lowest BCUT2D eigenvalue weighted by Crippen LogP contribution is -2.14. The summed E-state index contributed by atoms with van der Waals surface area (Å²) >= 11 is 0. The quantitative estimate of drug-likeness (QED) is 0.522. The summed E-state index contributed by atoms with van der Waals surface area (Å²) in [5, 5.41) is 8.68. The molecule has 3 nitrogen and oxygen atoms in total. The average Bonchev–Trinajstić information content (AvgIpc) is 2.20. The van der Waals surface area contributed by atoms with Gasteiger partial charge in [-0.15, -0.1) is 0 Å². The molecule has 0 aromatic heterocycles. The Morgan fingerprint density at radius 3 is 2.27 bits per heavy atom. The van der Waals surface area contributed by atoms with Crippen molar-refractivity contribution in [3.8, 4) is 0 Å². The van der Waals surface area contributed by atoms with Gasteiger partial charge in [-0.1, -0.05) is 17.7 Å². The third-order valence-corrected chi connectivity index (χ3v) is 2.24. The van der Waals surface area contributed by atoms with E-state index >= 15 is 0 Å². The molecular weight excluding hydrogens is 192 g/mol. The van der Waals surface area contributed by atoms with Crippen LogP contribution in [0.15, 0.2) is 23.3 Å². The molecule has 88 valence electrons. The monoisotopic (exact) mass is 214 g/mol. The Labute approximate surface area is 92.4 Å². The van der Waals surface area contributed by atoms with Crippen molar-refractivity contribution in [2.45, 2.75) is 33.0 Å². The first-order valence-corrected chi connectivity index (χ1v) is 5.14. The van der Waals surface area contributed by atoms with Gasteiger partial charge >= 0.3 is 0 Å². The van der Waals surface area contributed by atoms with Gasteiger partial charge in [0, 0.05) is 14.2 Å². The normalized spacial score (nSPS) is 13.7. The second kappa shape index (κ2) is 8.65. The highest BCUT2D eigenvalue weighted by molar-refractivity contribution is 5.05. The molecule has 15 heavy (non-hydrogen) atoms. The molecule has 0 aromatic carbocycles. The van der Waals surface area contributed by atoms with Crippen LogP contribution in [0.1, 0.15) is 26.7 Å². The number of methoxy groups -OCH3 is 2. The molecule has 0 radical (unpaired) electrons. The highest BCUT2D eigenvalue weighted by atomic mass is 16.7. The molecule has 0 atom stereocenters. The lowest BCUT2D eigenvalue weighted by Gasteiger charge is -2.13. The van der Waals surface area contributed by atoms with E-state index in [2.05, 4.69) is 6.08 Å². The summed E-state index contributed by atoms with van der Waals surface area (Å²) in [5.41, 5.74) is 2.28. The van der Waals surface area contributed by atoms with Crippen LogP contribution in [0.25, 0.3) is 0 Å². The van der Waals surface area contributed by atoms with Crippen molar-refractivity contribution in [2.24, 2.45) is 0 Å². The molecule has 0 aromatic rings. The molecule has 0 rings (SSSR count). The average molecular weight is 214 g/mol. The summed E-state index contributed by atoms with van der Waals surface area (Å²) in [6.07, 6.45) is 5.59. The number of hydrogen-bond acceptors (Lipinski definition) is 3. The Morgan fingerprint density at radius 1 is 1.20 bits per heavy atom. The maximum absolute atomic E-state index is 8.68. The molecule has 0 unspecified atom stereocenters. The molecule has 0 heterocycles. The predicted molar refractivity (Wildman–Crippen MR) is 61.6 cm³/mol. The van der Waals surface area contributed by atoms with Gasteiger partial charge in [-0.25, -0.2) is 0 Å². The van der Waals surface area contributed by atoms with Gasteiger partial charge in [-0.05, 0) is 32.3 Å². The fourth-order valence-corrected chi connectivity index (χ4v) is 1.35. The summed E-state index contributed by atoms with van der Waals surface area (Å²) in [6.45, 7) is 4.12. The van der Waals surface area contributed by atoms with Gasteiger partial charge in [0.05, 0.1) is 6.61 Å². The van der Waals surface area contributed by atoms with E-state index in [4.69, 9.17) is 14.6 Å². The van der Waals surface area contributed by atoms with Crippen LogP contribution in [-0.2, 0) is 9.47 Å². The fraction of sp³-hybridized carbons (Fsp3) is 0.667. The molecule has 0 aliphatic rings. The molecule has 0 aliphatic heterocycles. The highest BCUT2D eigenvalue weighted by Gasteiger charge is 2.05. The number of allylic oxidation sites excluding steroid dienone is 2. The summed E-state index contributed by atoms with van der Waals surface area (Å²) in [5.74, 6) is 0. The first-order chi connectivity index (χ1) is 7.15. The SMILES string of the molecule is COC(OC)C(C)=CCCC(C)=CCO. The van der Waals surface area contributed by atoms with Gasteiger partial charge in [0.1, 0.15) is 0 Å². The van der Waals surface area contributed by atoms with E-state index in [1.807, 2.05) is 19.9 Å². The van der Waals surface area contributed by atoms with E-state index in [1.165, 1.54) is 5.57 Å². The van der Waals surface area contributed by atoms with Crippen LogP contribution < -0.4 is 0 Å². The van der Waals surface area contributed by atoms with E-state index in [-0.39, 0.29) is 12.9 Å². The Hall–Kier alpha value is -0.640. The molecule has 3 heteroatoms. The summed E-state index contributed by atoms with van der Waals surface area (Å²) in [4.78, 5) is 0. The topological polar surface area (TPSA) is 38.7 Å². The van der Waals surface area contributed by atoms with Crippen LogP contribution >= 0.6 is 0 Å². The Morgan fingerprint density at radius 2 is 1.80 bits per heavy atom. The van der Waals surface area contributed by atoms with Gasteiger partial charge in [0.2, 0.25) is 0 Å². The number of ether oxygens (including phenoxy) is 2. The van der Waals surface area contributed by atoms with Crippen molar-refractivity contribution in [3.05, 3.63) is 23.3 Å². The Bertz CT molecular complexity index is 215. The van der Waals surface area contributed by atoms with Crippen molar-refractivity contribution in [1.82, 2.24) is 0 Å². The minimum absolute atomic E-state index is 0.118. The summed E-state index contributed by atoms with van der Waals surface area (Å²) < 4.78 is 10.2. The van der Waals surface area contributed by atoms with Crippen molar-refractivity contribution in [1.29, 1.82) is 0 Å². The van der Waals surface area contributed by atoms with Crippen LogP contribution in [0.5, 0.6) is 0 Å². The molecule has 0 saturated heterocycles. The van der Waals surface area contributed by atoms with Crippen LogP contribution in [-0.4, -0.2) is 32.2 Å². The van der Waals surface area contributed by atoms with Crippen molar-refractivity contribution in [2.75, 3.05) is 20.8 Å². The van der Waals surface area contributed by atoms with Crippen LogP contribution in [0.2, 0.25) is 0 Å². The van der Waals surface area contributed by atoms with Crippen LogP contribution in [0.4, 0.5) is 0 Å². The number of hydrogen-bond donors (Lipinski definition) is 1. The predicted octanol–water partition coefficient (Wildman–Crippen LogP) is 2.27. The third kappa shape index (κ3) is 6.44. The van der Waals surface area contributed by atoms with Gasteiger partial charge in [0.25, 0.3) is 0 Å². The van der Waals surface area contributed by atoms with E-state index in [0.29, 0.717) is 0 Å². The van der Waals surface area contributed by atoms with E-state index in [1.54, 1.807) is 14.2 Å². The minimum atomic E-state index is -0.243. The third-order valence-electron chi connectivity index (χ3n) is 2.24. The summed E-state index contributed by atoms with van der Waals surface area (Å²) in [7, 11) is 3.25. The zero-order valence-corrected chi connectivity index (χ0v) is 10.1. The number of aliphatic hydroxyl groups is 1. The van der Waals surface area contributed by atoms with E-state index in [0.717, 1.165) is 18.4 Å². The molecule has 0 fully saturated rings. The van der Waals surface area contributed by atoms with Gasteiger partial charge in [0.15, 0.2) is 6.29 Å². The van der Waals surface area contributed by atoms with Crippen LogP contribution in [0.3, 0.4) is 0 Å². The first kappa shape index (κ1) is 14.4. The largest absolute Gasteiger partial charge is 0.392 e. The zero-order valence-electron chi connectivity index (χ0n) is 10.1. The van der Waals surface area contributed by atoms with E-state index < -0.39 is 0 Å². The second-order valence-electron chi connectivity index (χ2n) is 3.52. The zero-order chi connectivity index (χ0) is 11.7. The van der Waals surface area contributed by atoms with Crippen molar-refractivity contribution in [3.63, 3.8) is 0 Å². The lowest BCUT2D eigenvalue weighted by atomic mass is 10.1. The molecule has 0 amide bonds. The number of aliphatic hydroxyl groups excluding tert-OH is 1. The first-order valence-electron chi connectivity index (χ1n) is 5.14. The van der Waals surface area contributed by atoms with Crippen molar-refractivity contribution < 1.29 is 14.6 Å². The molecule has 0 spiro atoms. The van der Waals surface area contributed by atoms with Crippen LogP contribution in [0, 0.1) is 0 Å². The molecule has 0 saturated carbocycles. The van der Waals surface area contributed by atoms with Gasteiger partial charge < -0.3 is 14.6 Å². The van der Waals surface area contributed by atoms with E-state index in [9.17, 15) is 0 Å². The number of rotatable bonds is 7. The smallest absolute Gasteiger partial charge is 0.178 e. The highest BCUT2D eigenvalue weighted by Crippen LogP contribution is 2.10. The molecule has 0 aliphatic carbocycles.